The van der Waals surface area contributed by atoms with Gasteiger partial charge in [0.05, 0.1) is 12.2 Å². The monoisotopic (exact) mass is 409 g/mol. The maximum atomic E-state index is 12.4. The minimum atomic E-state index is -3.24. The van der Waals surface area contributed by atoms with E-state index >= 15 is 0 Å². The molecule has 1 aromatic rings. The van der Waals surface area contributed by atoms with Crippen LogP contribution in [0.3, 0.4) is 0 Å². The minimum absolute atomic E-state index is 0.0833. The zero-order valence-corrected chi connectivity index (χ0v) is 17.6. The quantitative estimate of drug-likeness (QED) is 0.769. The molecule has 2 fully saturated rings. The number of sulfonamides is 1. The highest BCUT2D eigenvalue weighted by Crippen LogP contribution is 2.20. The predicted octanol–water partition coefficient (Wildman–Crippen LogP) is 1.45. The highest BCUT2D eigenvalue weighted by atomic mass is 32.2. The van der Waals surface area contributed by atoms with E-state index in [1.54, 1.807) is 0 Å². The van der Waals surface area contributed by atoms with Crippen molar-refractivity contribution < 1.29 is 17.9 Å². The first-order valence-corrected chi connectivity index (χ1v) is 11.8. The van der Waals surface area contributed by atoms with Crippen LogP contribution in [-0.4, -0.2) is 69.1 Å². The van der Waals surface area contributed by atoms with Crippen LogP contribution in [0.1, 0.15) is 31.2 Å². The summed E-state index contributed by atoms with van der Waals surface area (Å²) in [7, 11) is -1.11. The Bertz CT molecular complexity index is 758. The van der Waals surface area contributed by atoms with Crippen LogP contribution in [-0.2, 0) is 21.4 Å². The summed E-state index contributed by atoms with van der Waals surface area (Å²) in [5.41, 5.74) is 1.000. The number of nitrogens with one attached hydrogen (secondary N) is 1. The van der Waals surface area contributed by atoms with Gasteiger partial charge in [0.1, 0.15) is 11.9 Å². The van der Waals surface area contributed by atoms with E-state index in [0.29, 0.717) is 19.5 Å². The van der Waals surface area contributed by atoms with Crippen LogP contribution in [0.2, 0.25) is 0 Å². The number of hydrogen-bond donors (Lipinski definition) is 1. The molecule has 1 amide bonds. The van der Waals surface area contributed by atoms with Crippen LogP contribution in [0.25, 0.3) is 0 Å². The molecule has 8 heteroatoms. The van der Waals surface area contributed by atoms with Gasteiger partial charge in [-0.25, -0.2) is 12.7 Å². The van der Waals surface area contributed by atoms with Crippen molar-refractivity contribution in [2.75, 3.05) is 39.5 Å². The predicted molar refractivity (Wildman–Crippen MR) is 109 cm³/mol. The third-order valence-electron chi connectivity index (χ3n) is 5.58. The van der Waals surface area contributed by atoms with Gasteiger partial charge in [-0.15, -0.1) is 0 Å². The van der Waals surface area contributed by atoms with Gasteiger partial charge in [-0.2, -0.15) is 0 Å². The summed E-state index contributed by atoms with van der Waals surface area (Å²) in [6, 6.07) is 7.83. The average molecular weight is 410 g/mol. The molecular weight excluding hydrogens is 378 g/mol. The zero-order chi connectivity index (χ0) is 20.1. The molecule has 7 nitrogen and oxygen atoms in total. The number of ether oxygens (including phenoxy) is 1. The van der Waals surface area contributed by atoms with Crippen LogP contribution in [0.5, 0.6) is 5.75 Å². The van der Waals surface area contributed by atoms with E-state index in [4.69, 9.17) is 4.74 Å². The lowest BCUT2D eigenvalue weighted by atomic mass is 9.99. The Hall–Kier alpha value is -1.64. The number of piperidine rings is 2. The number of carbonyl (C=O) groups is 1. The van der Waals surface area contributed by atoms with E-state index in [1.165, 1.54) is 10.6 Å². The Morgan fingerprint density at radius 1 is 1.14 bits per heavy atom. The Kier molecular flexibility index (Phi) is 6.95. The largest absolute Gasteiger partial charge is 0.490 e. The summed E-state index contributed by atoms with van der Waals surface area (Å²) in [6.07, 6.45) is 4.99. The molecule has 0 spiro atoms. The third kappa shape index (κ3) is 5.93. The first-order chi connectivity index (χ1) is 13.3. The van der Waals surface area contributed by atoms with Crippen LogP contribution >= 0.6 is 0 Å². The number of benzene rings is 1. The van der Waals surface area contributed by atoms with Gasteiger partial charge in [0.15, 0.2) is 0 Å². The number of hydrogen-bond acceptors (Lipinski definition) is 5. The molecule has 28 heavy (non-hydrogen) atoms. The van der Waals surface area contributed by atoms with Gasteiger partial charge in [0, 0.05) is 32.7 Å². The summed E-state index contributed by atoms with van der Waals surface area (Å²) in [5, 5.41) is 2.94. The van der Waals surface area contributed by atoms with Crippen molar-refractivity contribution in [3.05, 3.63) is 29.8 Å². The van der Waals surface area contributed by atoms with Crippen molar-refractivity contribution >= 4 is 15.9 Å². The number of likely N-dealkylation sites (tertiary alicyclic amines) is 1. The van der Waals surface area contributed by atoms with Crippen LogP contribution < -0.4 is 10.1 Å². The Labute approximate surface area is 168 Å². The summed E-state index contributed by atoms with van der Waals surface area (Å²) in [6.45, 7) is 3.33. The maximum absolute atomic E-state index is 12.4. The van der Waals surface area contributed by atoms with E-state index in [-0.39, 0.29) is 24.5 Å². The fraction of sp³-hybridized carbons (Fsp3) is 0.650. The first kappa shape index (κ1) is 21.1. The molecule has 1 N–H and O–H groups in total. The van der Waals surface area contributed by atoms with Gasteiger partial charge in [0.25, 0.3) is 0 Å². The molecule has 1 atom stereocenters. The number of amides is 1. The van der Waals surface area contributed by atoms with Crippen molar-refractivity contribution in [3.8, 4) is 5.75 Å². The topological polar surface area (TPSA) is 79.0 Å². The lowest BCUT2D eigenvalue weighted by Crippen LogP contribution is -2.44. The Morgan fingerprint density at radius 3 is 2.46 bits per heavy atom. The third-order valence-corrected chi connectivity index (χ3v) is 6.85. The summed E-state index contributed by atoms with van der Waals surface area (Å²) in [5.74, 6) is 0.497. The zero-order valence-electron chi connectivity index (χ0n) is 16.8. The molecule has 0 aromatic heterocycles. The fourth-order valence-corrected chi connectivity index (χ4v) is 4.68. The van der Waals surface area contributed by atoms with E-state index in [0.717, 1.165) is 43.7 Å². The lowest BCUT2D eigenvalue weighted by Gasteiger charge is -2.30. The maximum Gasteiger partial charge on any atom is 0.224 e. The molecule has 2 heterocycles. The van der Waals surface area contributed by atoms with E-state index in [2.05, 4.69) is 17.3 Å². The minimum Gasteiger partial charge on any atom is -0.490 e. The Balaban J connectivity index is 1.46. The molecule has 156 valence electrons. The standard InChI is InChI=1S/C20H31N3O4S/c1-22-12-9-19(10-13-22)27-18-7-5-16(6-8-18)14-21-20(24)17-4-3-11-23(15-17)28(2,25)26/h5-8,17,19H,3-4,9-15H2,1-2H3,(H,21,24)/t17-/m0/s1. The smallest absolute Gasteiger partial charge is 0.224 e. The molecular formula is C20H31N3O4S. The molecule has 0 aliphatic carbocycles. The van der Waals surface area contributed by atoms with Crippen molar-refractivity contribution in [1.29, 1.82) is 0 Å². The second kappa shape index (κ2) is 9.24. The van der Waals surface area contributed by atoms with Gasteiger partial charge >= 0.3 is 0 Å². The number of nitrogens with zero attached hydrogens (tertiary/aromatic N) is 2. The highest BCUT2D eigenvalue weighted by molar-refractivity contribution is 7.88. The number of rotatable bonds is 6. The van der Waals surface area contributed by atoms with E-state index in [9.17, 15) is 13.2 Å². The molecule has 0 saturated carbocycles. The molecule has 0 radical (unpaired) electrons. The van der Waals surface area contributed by atoms with Crippen molar-refractivity contribution in [2.45, 2.75) is 38.3 Å². The Morgan fingerprint density at radius 2 is 1.82 bits per heavy atom. The molecule has 2 saturated heterocycles. The SMILES string of the molecule is CN1CCC(Oc2ccc(CNC(=O)[C@H]3CCCN(S(C)(=O)=O)C3)cc2)CC1. The van der Waals surface area contributed by atoms with Crippen molar-refractivity contribution in [2.24, 2.45) is 5.92 Å². The van der Waals surface area contributed by atoms with Gasteiger partial charge in [-0.1, -0.05) is 12.1 Å². The number of carbonyl (C=O) groups excluding carboxylic acids is 1. The van der Waals surface area contributed by atoms with Gasteiger partial charge < -0.3 is 15.0 Å². The molecule has 2 aliphatic rings. The van der Waals surface area contributed by atoms with E-state index in [1.807, 2.05) is 24.3 Å². The average Bonchev–Trinajstić information content (AvgIpc) is 2.68. The molecule has 0 unspecified atom stereocenters. The van der Waals surface area contributed by atoms with Gasteiger partial charge in [-0.05, 0) is 50.4 Å². The summed E-state index contributed by atoms with van der Waals surface area (Å²) in [4.78, 5) is 14.8. The second-order valence-electron chi connectivity index (χ2n) is 7.94. The first-order valence-electron chi connectivity index (χ1n) is 9.98. The van der Waals surface area contributed by atoms with Crippen LogP contribution in [0, 0.1) is 5.92 Å². The van der Waals surface area contributed by atoms with Crippen LogP contribution in [0.15, 0.2) is 24.3 Å². The lowest BCUT2D eigenvalue weighted by molar-refractivity contribution is -0.126. The van der Waals surface area contributed by atoms with Crippen molar-refractivity contribution in [3.63, 3.8) is 0 Å². The van der Waals surface area contributed by atoms with E-state index < -0.39 is 10.0 Å². The molecule has 3 rings (SSSR count). The van der Waals surface area contributed by atoms with Gasteiger partial charge in [-0.3, -0.25) is 4.79 Å². The van der Waals surface area contributed by atoms with Crippen molar-refractivity contribution in [1.82, 2.24) is 14.5 Å². The van der Waals surface area contributed by atoms with Crippen LogP contribution in [0.4, 0.5) is 0 Å². The second-order valence-corrected chi connectivity index (χ2v) is 9.92. The summed E-state index contributed by atoms with van der Waals surface area (Å²) >= 11 is 0. The molecule has 1 aromatic carbocycles. The normalized spacial score (nSPS) is 22.7. The highest BCUT2D eigenvalue weighted by Gasteiger charge is 2.29. The van der Waals surface area contributed by atoms with Gasteiger partial charge in [0.2, 0.25) is 15.9 Å². The summed E-state index contributed by atoms with van der Waals surface area (Å²) < 4.78 is 30.9. The molecule has 0 bridgehead atoms. The molecule has 2 aliphatic heterocycles. The fourth-order valence-electron chi connectivity index (χ4n) is 3.77.